The molecular weight excluding hydrogens is 304 g/mol. The van der Waals surface area contributed by atoms with E-state index in [-0.39, 0.29) is 0 Å². The van der Waals surface area contributed by atoms with E-state index in [4.69, 9.17) is 21.7 Å². The van der Waals surface area contributed by atoms with Crippen molar-refractivity contribution in [3.05, 3.63) is 35.4 Å². The average Bonchev–Trinajstić information content (AvgIpc) is 2.54. The van der Waals surface area contributed by atoms with Gasteiger partial charge >= 0.3 is 0 Å². The first-order valence-corrected chi connectivity index (χ1v) is 8.55. The fourth-order valence-corrected chi connectivity index (χ4v) is 2.18. The van der Waals surface area contributed by atoms with Gasteiger partial charge in [-0.2, -0.15) is 0 Å². The number of nitrogens with two attached hydrogens (primary N) is 2. The van der Waals surface area contributed by atoms with Gasteiger partial charge in [-0.3, -0.25) is 9.98 Å². The van der Waals surface area contributed by atoms with Crippen molar-refractivity contribution in [2.45, 2.75) is 51.0 Å². The van der Waals surface area contributed by atoms with Crippen molar-refractivity contribution in [1.29, 1.82) is 0 Å². The third-order valence-corrected chi connectivity index (χ3v) is 3.53. The fourth-order valence-electron chi connectivity index (χ4n) is 2.18. The van der Waals surface area contributed by atoms with Crippen molar-refractivity contribution >= 4 is 12.4 Å². The van der Waals surface area contributed by atoms with E-state index in [0.29, 0.717) is 12.8 Å². The van der Waals surface area contributed by atoms with Crippen LogP contribution in [-0.4, -0.2) is 48.2 Å². The quantitative estimate of drug-likeness (QED) is 0.263. The van der Waals surface area contributed by atoms with Crippen LogP contribution in [0.4, 0.5) is 0 Å². The summed E-state index contributed by atoms with van der Waals surface area (Å²) in [5.41, 5.74) is 12.7. The van der Waals surface area contributed by atoms with E-state index in [0.717, 1.165) is 49.9 Å². The van der Waals surface area contributed by atoms with Gasteiger partial charge < -0.3 is 21.7 Å². The number of aliphatic imine (C=N–C) groups is 2. The molecule has 6 heteroatoms. The highest BCUT2D eigenvalue weighted by Crippen LogP contribution is 2.05. The highest BCUT2D eigenvalue weighted by atomic mass is 16.3. The zero-order valence-electron chi connectivity index (χ0n) is 14.2. The topological polar surface area (TPSA) is 117 Å². The SMILES string of the molecule is NC(O)CCCCN=Cc1ccccc1C=NCCCCC(N)O. The van der Waals surface area contributed by atoms with Gasteiger partial charge in [0, 0.05) is 36.6 Å². The highest BCUT2D eigenvalue weighted by molar-refractivity contribution is 5.94. The maximum Gasteiger partial charge on any atom is 0.102 e. The molecule has 6 N–H and O–H groups in total. The average molecular weight is 334 g/mol. The maximum absolute atomic E-state index is 8.99. The van der Waals surface area contributed by atoms with Crippen molar-refractivity contribution in [2.24, 2.45) is 21.5 Å². The summed E-state index contributed by atoms with van der Waals surface area (Å²) >= 11 is 0. The number of nitrogens with zero attached hydrogens (tertiary/aromatic N) is 2. The molecule has 0 radical (unpaired) electrons. The number of rotatable bonds is 12. The Morgan fingerprint density at radius 3 is 1.58 bits per heavy atom. The van der Waals surface area contributed by atoms with Gasteiger partial charge in [0.25, 0.3) is 0 Å². The first-order valence-electron chi connectivity index (χ1n) is 8.55. The molecule has 2 unspecified atom stereocenters. The first kappa shape index (κ1) is 20.4. The minimum Gasteiger partial charge on any atom is -0.379 e. The van der Waals surface area contributed by atoms with Crippen LogP contribution in [-0.2, 0) is 0 Å². The highest BCUT2D eigenvalue weighted by Gasteiger charge is 1.98. The lowest BCUT2D eigenvalue weighted by Gasteiger charge is -2.03. The molecule has 1 aromatic carbocycles. The molecule has 0 aliphatic rings. The second-order valence-corrected chi connectivity index (χ2v) is 5.83. The van der Waals surface area contributed by atoms with Crippen LogP contribution in [0.25, 0.3) is 0 Å². The van der Waals surface area contributed by atoms with Crippen LogP contribution in [0.15, 0.2) is 34.3 Å². The zero-order valence-corrected chi connectivity index (χ0v) is 14.2. The van der Waals surface area contributed by atoms with Gasteiger partial charge in [0.2, 0.25) is 0 Å². The minimum atomic E-state index is -0.723. The monoisotopic (exact) mass is 334 g/mol. The summed E-state index contributed by atoms with van der Waals surface area (Å²) in [6, 6.07) is 7.98. The van der Waals surface area contributed by atoms with Crippen LogP contribution in [0.3, 0.4) is 0 Å². The number of aliphatic hydroxyl groups excluding tert-OH is 2. The largest absolute Gasteiger partial charge is 0.379 e. The third-order valence-electron chi connectivity index (χ3n) is 3.53. The molecule has 0 fully saturated rings. The van der Waals surface area contributed by atoms with E-state index < -0.39 is 12.5 Å². The first-order chi connectivity index (χ1) is 11.6. The molecule has 2 atom stereocenters. The molecule has 0 spiro atoms. The smallest absolute Gasteiger partial charge is 0.102 e. The van der Waals surface area contributed by atoms with E-state index >= 15 is 0 Å². The number of hydrogen-bond acceptors (Lipinski definition) is 6. The van der Waals surface area contributed by atoms with Gasteiger partial charge in [-0.05, 0) is 38.5 Å². The van der Waals surface area contributed by atoms with Gasteiger partial charge in [0.1, 0.15) is 12.5 Å². The molecule has 134 valence electrons. The van der Waals surface area contributed by atoms with Crippen LogP contribution in [0.1, 0.15) is 49.7 Å². The summed E-state index contributed by atoms with van der Waals surface area (Å²) in [7, 11) is 0. The second kappa shape index (κ2) is 12.8. The lowest BCUT2D eigenvalue weighted by atomic mass is 10.1. The lowest BCUT2D eigenvalue weighted by molar-refractivity contribution is 0.168. The molecule has 0 bridgehead atoms. The summed E-state index contributed by atoms with van der Waals surface area (Å²) in [4.78, 5) is 8.85. The molecule has 0 amide bonds. The summed E-state index contributed by atoms with van der Waals surface area (Å²) in [6.45, 7) is 1.44. The van der Waals surface area contributed by atoms with E-state index in [9.17, 15) is 0 Å². The van der Waals surface area contributed by atoms with E-state index in [2.05, 4.69) is 9.98 Å². The minimum absolute atomic E-state index is 0.611. The maximum atomic E-state index is 8.99. The van der Waals surface area contributed by atoms with Crippen LogP contribution >= 0.6 is 0 Å². The molecule has 0 saturated heterocycles. The van der Waals surface area contributed by atoms with Crippen LogP contribution in [0.5, 0.6) is 0 Å². The molecule has 1 rings (SSSR count). The van der Waals surface area contributed by atoms with Gasteiger partial charge in [0.05, 0.1) is 0 Å². The Morgan fingerprint density at radius 2 is 1.21 bits per heavy atom. The molecular formula is C18H30N4O2. The van der Waals surface area contributed by atoms with Crippen molar-refractivity contribution in [2.75, 3.05) is 13.1 Å². The van der Waals surface area contributed by atoms with Crippen LogP contribution in [0.2, 0.25) is 0 Å². The van der Waals surface area contributed by atoms with Crippen molar-refractivity contribution in [1.82, 2.24) is 0 Å². The number of aliphatic hydroxyl groups is 2. The zero-order chi connectivity index (χ0) is 17.6. The number of hydrogen-bond donors (Lipinski definition) is 4. The predicted octanol–water partition coefficient (Wildman–Crippen LogP) is 1.42. The Bertz CT molecular complexity index is 457. The van der Waals surface area contributed by atoms with Crippen molar-refractivity contribution in [3.8, 4) is 0 Å². The third kappa shape index (κ3) is 10.2. The van der Waals surface area contributed by atoms with Crippen LogP contribution < -0.4 is 11.5 Å². The van der Waals surface area contributed by atoms with E-state index in [1.807, 2.05) is 36.7 Å². The summed E-state index contributed by atoms with van der Waals surface area (Å²) in [5.74, 6) is 0. The molecule has 1 aromatic rings. The van der Waals surface area contributed by atoms with Gasteiger partial charge in [-0.1, -0.05) is 24.3 Å². The van der Waals surface area contributed by atoms with E-state index in [1.54, 1.807) is 0 Å². The Hall–Kier alpha value is -1.60. The van der Waals surface area contributed by atoms with Gasteiger partial charge in [-0.25, -0.2) is 0 Å². The Kier molecular flexibility index (Phi) is 10.9. The number of unbranched alkanes of at least 4 members (excludes halogenated alkanes) is 2. The number of benzene rings is 1. The molecule has 0 aromatic heterocycles. The second-order valence-electron chi connectivity index (χ2n) is 5.83. The van der Waals surface area contributed by atoms with Gasteiger partial charge in [-0.15, -0.1) is 0 Å². The molecule has 24 heavy (non-hydrogen) atoms. The molecule has 0 aliphatic carbocycles. The summed E-state index contributed by atoms with van der Waals surface area (Å²) in [5, 5.41) is 18.0. The Morgan fingerprint density at radius 1 is 0.792 bits per heavy atom. The standard InChI is InChI=1S/C18H30N4O2/c19-17(23)9-3-5-11-21-13-15-7-1-2-8-16(15)14-22-12-6-4-10-18(20)24/h1-2,7-8,13-14,17-18,23-24H,3-6,9-12,19-20H2. The molecule has 6 nitrogen and oxygen atoms in total. The van der Waals surface area contributed by atoms with Crippen LogP contribution in [0, 0.1) is 0 Å². The molecule has 0 aliphatic heterocycles. The predicted molar refractivity (Wildman–Crippen MR) is 99.5 cm³/mol. The molecule has 0 heterocycles. The normalized spacial score (nSPS) is 14.5. The van der Waals surface area contributed by atoms with Crippen molar-refractivity contribution in [3.63, 3.8) is 0 Å². The summed E-state index contributed by atoms with van der Waals surface area (Å²) in [6.07, 6.45) is 7.07. The van der Waals surface area contributed by atoms with Crippen molar-refractivity contribution < 1.29 is 10.2 Å². The fraction of sp³-hybridized carbons (Fsp3) is 0.556. The Labute approximate surface area is 144 Å². The van der Waals surface area contributed by atoms with Gasteiger partial charge in [0.15, 0.2) is 0 Å². The van der Waals surface area contributed by atoms with E-state index in [1.165, 1.54) is 0 Å². The summed E-state index contributed by atoms with van der Waals surface area (Å²) < 4.78 is 0. The molecule has 0 saturated carbocycles. The lowest BCUT2D eigenvalue weighted by Crippen LogP contribution is -2.18. The Balaban J connectivity index is 2.38.